The normalized spacial score (nSPS) is 10.4. The average Bonchev–Trinajstić information content (AvgIpc) is 2.83. The van der Waals surface area contributed by atoms with E-state index in [9.17, 15) is 4.79 Å². The molecule has 0 atom stereocenters. The molecule has 0 unspecified atom stereocenters. The number of hydrogen-bond donors (Lipinski definition) is 2. The van der Waals surface area contributed by atoms with Crippen molar-refractivity contribution in [2.45, 2.75) is 19.5 Å². The van der Waals surface area contributed by atoms with E-state index in [0.717, 1.165) is 20.5 Å². The van der Waals surface area contributed by atoms with Crippen molar-refractivity contribution in [2.24, 2.45) is 5.73 Å². The Morgan fingerprint density at radius 1 is 1.32 bits per heavy atom. The van der Waals surface area contributed by atoms with Gasteiger partial charge >= 0.3 is 0 Å². The fraction of sp³-hybridized carbons (Fsp3) is 0.214. The fourth-order valence-corrected chi connectivity index (χ4v) is 3.19. The summed E-state index contributed by atoms with van der Waals surface area (Å²) in [6, 6.07) is 9.78. The van der Waals surface area contributed by atoms with E-state index in [1.54, 1.807) is 11.3 Å². The minimum Gasteiger partial charge on any atom is -0.351 e. The number of nitrogens with one attached hydrogen (secondary N) is 1. The number of benzene rings is 1. The molecule has 0 aliphatic carbocycles. The summed E-state index contributed by atoms with van der Waals surface area (Å²) in [4.78, 5) is 13.0. The molecule has 100 valence electrons. The van der Waals surface area contributed by atoms with Gasteiger partial charge in [-0.05, 0) is 33.1 Å². The zero-order chi connectivity index (χ0) is 13.7. The third-order valence-corrected chi connectivity index (χ3v) is 4.47. The minimum absolute atomic E-state index is 0.0189. The molecule has 2 aromatic rings. The second-order valence-corrected chi connectivity index (χ2v) is 6.07. The second kappa shape index (κ2) is 6.84. The van der Waals surface area contributed by atoms with Gasteiger partial charge in [0.15, 0.2) is 0 Å². The first-order valence-corrected chi connectivity index (χ1v) is 7.62. The first-order valence-electron chi connectivity index (χ1n) is 5.95. The summed E-state index contributed by atoms with van der Waals surface area (Å²) in [5, 5.41) is 4.93. The molecule has 0 radical (unpaired) electrons. The van der Waals surface area contributed by atoms with Crippen molar-refractivity contribution < 1.29 is 4.79 Å². The van der Waals surface area contributed by atoms with Gasteiger partial charge in [-0.25, -0.2) is 0 Å². The summed E-state index contributed by atoms with van der Waals surface area (Å²) in [5.74, 6) is 0.0189. The van der Waals surface area contributed by atoms with Crippen LogP contribution in [0.25, 0.3) is 0 Å². The van der Waals surface area contributed by atoms with E-state index in [4.69, 9.17) is 5.73 Å². The Balaban J connectivity index is 1.90. The van der Waals surface area contributed by atoms with Crippen LogP contribution in [-0.2, 0) is 24.3 Å². The van der Waals surface area contributed by atoms with Crippen molar-refractivity contribution in [2.75, 3.05) is 0 Å². The topological polar surface area (TPSA) is 55.1 Å². The highest BCUT2D eigenvalue weighted by atomic mass is 79.9. The van der Waals surface area contributed by atoms with Gasteiger partial charge in [-0.3, -0.25) is 4.79 Å². The third-order valence-electron chi connectivity index (χ3n) is 2.77. The third kappa shape index (κ3) is 4.16. The lowest BCUT2D eigenvalue weighted by atomic mass is 10.0. The Morgan fingerprint density at radius 2 is 2.05 bits per heavy atom. The quantitative estimate of drug-likeness (QED) is 0.880. The van der Waals surface area contributed by atoms with Crippen LogP contribution in [0.2, 0.25) is 0 Å². The standard InChI is InChI=1S/C14H15BrN2OS/c15-12-6-13(19-9-12)8-17-14(18)5-10-3-1-2-4-11(10)7-16/h1-4,6,9H,5,7-8,16H2,(H,17,18). The molecule has 1 amide bonds. The van der Waals surface area contributed by atoms with E-state index in [0.29, 0.717) is 19.5 Å². The van der Waals surface area contributed by atoms with Crippen LogP contribution in [0.15, 0.2) is 40.2 Å². The average molecular weight is 339 g/mol. The van der Waals surface area contributed by atoms with Crippen molar-refractivity contribution in [1.29, 1.82) is 0 Å². The van der Waals surface area contributed by atoms with Gasteiger partial charge in [-0.15, -0.1) is 11.3 Å². The lowest BCUT2D eigenvalue weighted by molar-refractivity contribution is -0.120. The Hall–Kier alpha value is -1.17. The number of nitrogens with two attached hydrogens (primary N) is 1. The molecular formula is C14H15BrN2OS. The van der Waals surface area contributed by atoms with Crippen molar-refractivity contribution in [3.05, 3.63) is 56.2 Å². The summed E-state index contributed by atoms with van der Waals surface area (Å²) in [7, 11) is 0. The molecule has 0 bridgehead atoms. The molecule has 3 N–H and O–H groups in total. The van der Waals surface area contributed by atoms with Crippen LogP contribution < -0.4 is 11.1 Å². The largest absolute Gasteiger partial charge is 0.351 e. The van der Waals surface area contributed by atoms with Gasteiger partial charge in [0.2, 0.25) is 5.91 Å². The zero-order valence-electron chi connectivity index (χ0n) is 10.4. The van der Waals surface area contributed by atoms with Gasteiger partial charge in [0.25, 0.3) is 0 Å². The highest BCUT2D eigenvalue weighted by molar-refractivity contribution is 9.10. The first kappa shape index (κ1) is 14.2. The van der Waals surface area contributed by atoms with Crippen LogP contribution in [0.5, 0.6) is 0 Å². The molecule has 2 rings (SSSR count). The number of hydrogen-bond acceptors (Lipinski definition) is 3. The Morgan fingerprint density at radius 3 is 2.68 bits per heavy atom. The van der Waals surface area contributed by atoms with Crippen LogP contribution in [0.1, 0.15) is 16.0 Å². The molecule has 3 nitrogen and oxygen atoms in total. The summed E-state index contributed by atoms with van der Waals surface area (Å²) in [6.07, 6.45) is 0.375. The Labute approximate surface area is 125 Å². The fourth-order valence-electron chi connectivity index (χ4n) is 1.80. The smallest absolute Gasteiger partial charge is 0.224 e. The second-order valence-electron chi connectivity index (χ2n) is 4.16. The highest BCUT2D eigenvalue weighted by Gasteiger charge is 2.07. The SMILES string of the molecule is NCc1ccccc1CC(=O)NCc1cc(Br)cs1. The highest BCUT2D eigenvalue weighted by Crippen LogP contribution is 2.19. The van der Waals surface area contributed by atoms with Crippen LogP contribution in [-0.4, -0.2) is 5.91 Å². The number of carbonyl (C=O) groups is 1. The first-order chi connectivity index (χ1) is 9.19. The van der Waals surface area contributed by atoms with Crippen LogP contribution in [0.4, 0.5) is 0 Å². The molecule has 0 saturated carbocycles. The summed E-state index contributed by atoms with van der Waals surface area (Å²) in [5.41, 5.74) is 7.68. The lowest BCUT2D eigenvalue weighted by Crippen LogP contribution is -2.24. The molecular weight excluding hydrogens is 324 g/mol. The molecule has 0 spiro atoms. The molecule has 0 fully saturated rings. The maximum absolute atomic E-state index is 11.9. The molecule has 1 heterocycles. The molecule has 1 aromatic carbocycles. The number of halogens is 1. The van der Waals surface area contributed by atoms with Crippen LogP contribution in [0, 0.1) is 0 Å². The van der Waals surface area contributed by atoms with Crippen LogP contribution >= 0.6 is 27.3 Å². The van der Waals surface area contributed by atoms with E-state index in [-0.39, 0.29) is 5.91 Å². The number of rotatable bonds is 5. The van der Waals surface area contributed by atoms with Crippen LogP contribution in [0.3, 0.4) is 0 Å². The maximum atomic E-state index is 11.9. The van der Waals surface area contributed by atoms with E-state index in [1.165, 1.54) is 0 Å². The predicted octanol–water partition coefficient (Wildman–Crippen LogP) is 2.83. The van der Waals surface area contributed by atoms with Gasteiger partial charge < -0.3 is 11.1 Å². The monoisotopic (exact) mass is 338 g/mol. The van der Waals surface area contributed by atoms with Gasteiger partial charge in [-0.2, -0.15) is 0 Å². The molecule has 19 heavy (non-hydrogen) atoms. The lowest BCUT2D eigenvalue weighted by Gasteiger charge is -2.07. The van der Waals surface area contributed by atoms with Gasteiger partial charge in [0.1, 0.15) is 0 Å². The predicted molar refractivity (Wildman–Crippen MR) is 81.9 cm³/mol. The molecule has 0 aliphatic heterocycles. The van der Waals surface area contributed by atoms with E-state index < -0.39 is 0 Å². The van der Waals surface area contributed by atoms with Gasteiger partial charge in [-0.1, -0.05) is 24.3 Å². The minimum atomic E-state index is 0.0189. The van der Waals surface area contributed by atoms with Crippen molar-refractivity contribution in [3.63, 3.8) is 0 Å². The summed E-state index contributed by atoms with van der Waals surface area (Å²) >= 11 is 5.02. The van der Waals surface area contributed by atoms with E-state index >= 15 is 0 Å². The summed E-state index contributed by atoms with van der Waals surface area (Å²) < 4.78 is 1.05. The maximum Gasteiger partial charge on any atom is 0.224 e. The summed E-state index contributed by atoms with van der Waals surface area (Å²) in [6.45, 7) is 1.03. The van der Waals surface area contributed by atoms with Gasteiger partial charge in [0, 0.05) is 21.3 Å². The molecule has 0 aliphatic rings. The zero-order valence-corrected chi connectivity index (χ0v) is 12.8. The van der Waals surface area contributed by atoms with E-state index in [1.807, 2.05) is 35.7 Å². The molecule has 1 aromatic heterocycles. The molecule has 0 saturated heterocycles. The number of carbonyl (C=O) groups excluding carboxylic acids is 1. The Bertz CT molecular complexity index is 568. The van der Waals surface area contributed by atoms with Crippen molar-refractivity contribution in [3.8, 4) is 0 Å². The van der Waals surface area contributed by atoms with Crippen molar-refractivity contribution >= 4 is 33.2 Å². The van der Waals surface area contributed by atoms with E-state index in [2.05, 4.69) is 21.2 Å². The van der Waals surface area contributed by atoms with Crippen molar-refractivity contribution in [1.82, 2.24) is 5.32 Å². The number of amides is 1. The van der Waals surface area contributed by atoms with Gasteiger partial charge in [0.05, 0.1) is 13.0 Å². The molecule has 5 heteroatoms. The number of thiophene rings is 1. The Kier molecular flexibility index (Phi) is 5.13.